The highest BCUT2D eigenvalue weighted by Gasteiger charge is 2.31. The molecule has 7 nitrogen and oxygen atoms in total. The van der Waals surface area contributed by atoms with Crippen LogP contribution in [-0.2, 0) is 17.8 Å². The van der Waals surface area contributed by atoms with Gasteiger partial charge in [0.15, 0.2) is 0 Å². The number of carbonyl (C=O) groups excluding carboxylic acids is 1. The molecule has 2 rings (SSSR count). The molecule has 0 aliphatic heterocycles. The van der Waals surface area contributed by atoms with E-state index in [1.807, 2.05) is 44.2 Å². The Balaban J connectivity index is 2.45. The third kappa shape index (κ3) is 4.62. The quantitative estimate of drug-likeness (QED) is 0.409. The molecule has 1 aromatic carbocycles. The van der Waals surface area contributed by atoms with Crippen molar-refractivity contribution in [2.24, 2.45) is 5.92 Å². The minimum atomic E-state index is -0.727. The second-order valence-corrected chi connectivity index (χ2v) is 6.11. The van der Waals surface area contributed by atoms with Gasteiger partial charge in [0.05, 0.1) is 13.7 Å². The van der Waals surface area contributed by atoms with Gasteiger partial charge in [-0.25, -0.2) is 4.79 Å². The largest absolute Gasteiger partial charge is 0.616 e. The molecule has 1 aromatic heterocycles. The van der Waals surface area contributed by atoms with Crippen LogP contribution in [0.15, 0.2) is 30.3 Å². The molecule has 0 amide bonds. The van der Waals surface area contributed by atoms with Crippen molar-refractivity contribution in [2.75, 3.05) is 13.7 Å². The Morgan fingerprint density at radius 1 is 1.27 bits per heavy atom. The van der Waals surface area contributed by atoms with E-state index in [-0.39, 0.29) is 36.6 Å². The topological polar surface area (TPSA) is 84.6 Å². The van der Waals surface area contributed by atoms with Gasteiger partial charge in [-0.15, -0.1) is 4.73 Å². The monoisotopic (exact) mass is 360 g/mol. The highest BCUT2D eigenvalue weighted by Crippen LogP contribution is 2.23. The van der Waals surface area contributed by atoms with Gasteiger partial charge in [0, 0.05) is 6.42 Å². The Hall–Kier alpha value is -2.83. The zero-order valence-electron chi connectivity index (χ0n) is 15.5. The van der Waals surface area contributed by atoms with Crippen LogP contribution in [0.4, 0.5) is 0 Å². The molecule has 0 N–H and O–H groups in total. The zero-order valence-corrected chi connectivity index (χ0v) is 15.5. The molecular formula is C19H24N2O5. The number of methoxy groups -OCH3 is 1. The Labute approximate surface area is 153 Å². The molecule has 26 heavy (non-hydrogen) atoms. The minimum Gasteiger partial charge on any atom is -0.616 e. The molecule has 7 heteroatoms. The van der Waals surface area contributed by atoms with Gasteiger partial charge in [0.25, 0.3) is 17.3 Å². The Morgan fingerprint density at radius 2 is 1.96 bits per heavy atom. The van der Waals surface area contributed by atoms with E-state index in [1.165, 1.54) is 7.11 Å². The summed E-state index contributed by atoms with van der Waals surface area (Å²) in [5.41, 5.74) is 1.05. The summed E-state index contributed by atoms with van der Waals surface area (Å²) in [6.07, 6.45) is 0.431. The van der Waals surface area contributed by atoms with E-state index in [1.54, 1.807) is 6.92 Å². The van der Waals surface area contributed by atoms with Crippen LogP contribution in [0, 0.1) is 11.1 Å². The standard InChI is InChI=1S/C19H24N2O5/c1-5-25-19(22)16-18(24-4)21(23)15(11-13(2)3)17(20-16)26-12-14-9-7-6-8-10-14/h6-10,13H,5,11-12H2,1-4H3. The molecule has 0 aliphatic rings. The Kier molecular flexibility index (Phi) is 6.77. The van der Waals surface area contributed by atoms with Crippen molar-refractivity contribution >= 4 is 5.97 Å². The van der Waals surface area contributed by atoms with Crippen LogP contribution in [0.2, 0.25) is 0 Å². The smallest absolute Gasteiger partial charge is 0.414 e. The molecule has 0 saturated carbocycles. The lowest BCUT2D eigenvalue weighted by atomic mass is 10.1. The summed E-state index contributed by atoms with van der Waals surface area (Å²) < 4.78 is 16.4. The maximum absolute atomic E-state index is 12.8. The number of nitrogens with zero attached hydrogens (tertiary/aromatic N) is 2. The van der Waals surface area contributed by atoms with Gasteiger partial charge in [-0.3, -0.25) is 0 Å². The minimum absolute atomic E-state index is 0.112. The molecule has 0 fully saturated rings. The predicted octanol–water partition coefficient (Wildman–Crippen LogP) is 2.68. The van der Waals surface area contributed by atoms with Crippen LogP contribution < -0.4 is 14.2 Å². The summed E-state index contributed by atoms with van der Waals surface area (Å²) in [7, 11) is 1.32. The molecule has 0 unspecified atom stereocenters. The van der Waals surface area contributed by atoms with Crippen molar-refractivity contribution in [1.82, 2.24) is 4.98 Å². The first-order valence-corrected chi connectivity index (χ1v) is 8.52. The van der Waals surface area contributed by atoms with Gasteiger partial charge < -0.3 is 19.4 Å². The first kappa shape index (κ1) is 19.5. The van der Waals surface area contributed by atoms with Crippen LogP contribution in [0.5, 0.6) is 11.8 Å². The summed E-state index contributed by atoms with van der Waals surface area (Å²) >= 11 is 0. The highest BCUT2D eigenvalue weighted by molar-refractivity contribution is 5.89. The second-order valence-electron chi connectivity index (χ2n) is 6.11. The summed E-state index contributed by atoms with van der Waals surface area (Å²) in [6, 6.07) is 9.51. The number of hydrogen-bond donors (Lipinski definition) is 0. The van der Waals surface area contributed by atoms with Gasteiger partial charge in [0.1, 0.15) is 6.61 Å². The first-order valence-electron chi connectivity index (χ1n) is 8.52. The lowest BCUT2D eigenvalue weighted by Crippen LogP contribution is -2.38. The third-order valence-electron chi connectivity index (χ3n) is 3.57. The maximum atomic E-state index is 12.8. The Morgan fingerprint density at radius 3 is 2.54 bits per heavy atom. The molecular weight excluding hydrogens is 336 g/mol. The number of benzene rings is 1. The highest BCUT2D eigenvalue weighted by atomic mass is 16.6. The van der Waals surface area contributed by atoms with Gasteiger partial charge >= 0.3 is 11.8 Å². The van der Waals surface area contributed by atoms with Crippen molar-refractivity contribution < 1.29 is 23.7 Å². The maximum Gasteiger partial charge on any atom is 0.414 e. The zero-order chi connectivity index (χ0) is 19.1. The van der Waals surface area contributed by atoms with E-state index in [2.05, 4.69) is 4.98 Å². The van der Waals surface area contributed by atoms with E-state index in [4.69, 9.17) is 14.2 Å². The van der Waals surface area contributed by atoms with E-state index >= 15 is 0 Å². The number of hydrogen-bond acceptors (Lipinski definition) is 6. The van der Waals surface area contributed by atoms with Crippen LogP contribution in [0.25, 0.3) is 0 Å². The molecule has 0 atom stereocenters. The average Bonchev–Trinajstić information content (AvgIpc) is 2.62. The number of ether oxygens (including phenoxy) is 3. The molecule has 0 radical (unpaired) electrons. The Bertz CT molecular complexity index is 747. The summed E-state index contributed by atoms with van der Waals surface area (Å²) in [4.78, 5) is 16.4. The van der Waals surface area contributed by atoms with Crippen LogP contribution in [-0.4, -0.2) is 24.7 Å². The van der Waals surface area contributed by atoms with Crippen LogP contribution in [0.3, 0.4) is 0 Å². The van der Waals surface area contributed by atoms with Gasteiger partial charge in [-0.05, 0) is 18.4 Å². The number of aromatic nitrogens is 2. The lowest BCUT2D eigenvalue weighted by Gasteiger charge is -2.15. The van der Waals surface area contributed by atoms with E-state index < -0.39 is 5.97 Å². The van der Waals surface area contributed by atoms with E-state index in [0.717, 1.165) is 5.56 Å². The summed E-state index contributed by atoms with van der Waals surface area (Å²) in [5.74, 6) is -0.614. The number of carbonyl (C=O) groups is 1. The van der Waals surface area contributed by atoms with Crippen molar-refractivity contribution in [1.29, 1.82) is 0 Å². The molecule has 140 valence electrons. The van der Waals surface area contributed by atoms with E-state index in [9.17, 15) is 10.0 Å². The normalized spacial score (nSPS) is 10.7. The summed E-state index contributed by atoms with van der Waals surface area (Å²) in [5, 5.41) is 12.8. The fraction of sp³-hybridized carbons (Fsp3) is 0.421. The number of esters is 1. The average molecular weight is 360 g/mol. The van der Waals surface area contributed by atoms with Gasteiger partial charge in [0.2, 0.25) is 0 Å². The number of rotatable bonds is 8. The lowest BCUT2D eigenvalue weighted by molar-refractivity contribution is -0.622. The SMILES string of the molecule is CCOC(=O)c1nc(OCc2ccccc2)c(CC(C)C)[n+]([O-])c1OC. The fourth-order valence-electron chi connectivity index (χ4n) is 2.43. The van der Waals surface area contributed by atoms with Crippen molar-refractivity contribution in [3.63, 3.8) is 0 Å². The fourth-order valence-corrected chi connectivity index (χ4v) is 2.43. The third-order valence-corrected chi connectivity index (χ3v) is 3.57. The molecule has 0 saturated heterocycles. The molecule has 2 aromatic rings. The van der Waals surface area contributed by atoms with Crippen molar-refractivity contribution in [3.05, 3.63) is 52.5 Å². The summed E-state index contributed by atoms with van der Waals surface area (Å²) in [6.45, 7) is 6.03. The van der Waals surface area contributed by atoms with Gasteiger partial charge in [-0.1, -0.05) is 44.2 Å². The first-order chi connectivity index (χ1) is 12.5. The van der Waals surface area contributed by atoms with Crippen molar-refractivity contribution in [3.8, 4) is 11.8 Å². The van der Waals surface area contributed by atoms with Crippen molar-refractivity contribution in [2.45, 2.75) is 33.8 Å². The van der Waals surface area contributed by atoms with Crippen LogP contribution >= 0.6 is 0 Å². The predicted molar refractivity (Wildman–Crippen MR) is 95.0 cm³/mol. The van der Waals surface area contributed by atoms with Crippen LogP contribution in [0.1, 0.15) is 42.5 Å². The second kappa shape index (κ2) is 9.03. The van der Waals surface area contributed by atoms with E-state index in [0.29, 0.717) is 16.8 Å². The molecule has 1 heterocycles. The van der Waals surface area contributed by atoms with Gasteiger partial charge in [-0.2, -0.15) is 4.98 Å². The molecule has 0 aliphatic carbocycles. The molecule has 0 spiro atoms. The molecule has 0 bridgehead atoms.